The van der Waals surface area contributed by atoms with Crippen LogP contribution in [0.2, 0.25) is 0 Å². The highest BCUT2D eigenvalue weighted by atomic mass is 19.1. The molecule has 1 fully saturated rings. The Hall–Kier alpha value is -3.41. The first kappa shape index (κ1) is 18.9. The highest BCUT2D eigenvalue weighted by Gasteiger charge is 2.22. The van der Waals surface area contributed by atoms with E-state index in [0.717, 1.165) is 23.8 Å². The maximum Gasteiger partial charge on any atom is 0.335 e. The van der Waals surface area contributed by atoms with E-state index in [9.17, 15) is 9.18 Å². The van der Waals surface area contributed by atoms with Gasteiger partial charge >= 0.3 is 5.97 Å². The van der Waals surface area contributed by atoms with Crippen LogP contribution in [-0.2, 0) is 6.61 Å². The second kappa shape index (κ2) is 8.31. The summed E-state index contributed by atoms with van der Waals surface area (Å²) >= 11 is 0. The first-order valence-electron chi connectivity index (χ1n) is 9.42. The SMILES string of the molecule is O=C(O)c1ccc(COc2cccc(-c3ccc(OCC4CC4)nc3)c2)c(F)c1. The van der Waals surface area contributed by atoms with E-state index in [2.05, 4.69) is 4.98 Å². The van der Waals surface area contributed by atoms with Gasteiger partial charge in [-0.25, -0.2) is 14.2 Å². The fourth-order valence-corrected chi connectivity index (χ4v) is 2.85. The van der Waals surface area contributed by atoms with Gasteiger partial charge in [0.05, 0.1) is 12.2 Å². The van der Waals surface area contributed by atoms with Crippen LogP contribution in [0.4, 0.5) is 4.39 Å². The maximum atomic E-state index is 14.0. The Morgan fingerprint density at radius 2 is 1.93 bits per heavy atom. The zero-order valence-corrected chi connectivity index (χ0v) is 15.7. The second-order valence-electron chi connectivity index (χ2n) is 7.07. The average Bonchev–Trinajstić information content (AvgIpc) is 3.56. The fraction of sp³-hybridized carbons (Fsp3) is 0.217. The van der Waals surface area contributed by atoms with Crippen molar-refractivity contribution in [2.75, 3.05) is 6.61 Å². The standard InChI is InChI=1S/C23H20FNO4/c24-21-11-17(23(26)27)6-7-19(21)14-28-20-3-1-2-16(10-20)18-8-9-22(25-12-18)29-13-15-4-5-15/h1-3,6-12,15H,4-5,13-14H2,(H,26,27). The number of hydrogen-bond acceptors (Lipinski definition) is 4. The van der Waals surface area contributed by atoms with Gasteiger partial charge in [0, 0.05) is 23.4 Å². The maximum absolute atomic E-state index is 14.0. The van der Waals surface area contributed by atoms with Crippen molar-refractivity contribution in [1.29, 1.82) is 0 Å². The molecule has 1 saturated carbocycles. The van der Waals surface area contributed by atoms with Crippen LogP contribution in [0, 0.1) is 11.7 Å². The number of carbonyl (C=O) groups is 1. The zero-order valence-electron chi connectivity index (χ0n) is 15.7. The lowest BCUT2D eigenvalue weighted by atomic mass is 10.1. The normalized spacial score (nSPS) is 13.1. The minimum atomic E-state index is -1.17. The Bertz CT molecular complexity index is 1020. The molecule has 0 aliphatic heterocycles. The lowest BCUT2D eigenvalue weighted by molar-refractivity contribution is 0.0696. The van der Waals surface area contributed by atoms with Gasteiger partial charge in [0.1, 0.15) is 18.2 Å². The highest BCUT2D eigenvalue weighted by molar-refractivity contribution is 5.87. The second-order valence-corrected chi connectivity index (χ2v) is 7.07. The fourth-order valence-electron chi connectivity index (χ4n) is 2.85. The number of nitrogens with zero attached hydrogens (tertiary/aromatic N) is 1. The number of ether oxygens (including phenoxy) is 2. The molecule has 3 aromatic rings. The Morgan fingerprint density at radius 3 is 2.62 bits per heavy atom. The molecule has 0 saturated heterocycles. The summed E-state index contributed by atoms with van der Waals surface area (Å²) in [4.78, 5) is 15.2. The molecule has 1 heterocycles. The predicted molar refractivity (Wildman–Crippen MR) is 106 cm³/mol. The quantitative estimate of drug-likeness (QED) is 0.586. The molecule has 2 aromatic carbocycles. The van der Waals surface area contributed by atoms with Crippen LogP contribution in [0.5, 0.6) is 11.6 Å². The van der Waals surface area contributed by atoms with Gasteiger partial charge in [-0.15, -0.1) is 0 Å². The summed E-state index contributed by atoms with van der Waals surface area (Å²) in [5, 5.41) is 8.91. The molecular weight excluding hydrogens is 373 g/mol. The van der Waals surface area contributed by atoms with Gasteiger partial charge in [0.2, 0.25) is 5.88 Å². The Balaban J connectivity index is 1.41. The minimum absolute atomic E-state index is 0.00137. The summed E-state index contributed by atoms with van der Waals surface area (Å²) in [6.07, 6.45) is 4.22. The van der Waals surface area contributed by atoms with Gasteiger partial charge in [0.15, 0.2) is 0 Å². The molecule has 6 heteroatoms. The smallest absolute Gasteiger partial charge is 0.335 e. The molecule has 4 rings (SSSR count). The predicted octanol–water partition coefficient (Wildman–Crippen LogP) is 4.95. The molecule has 0 bridgehead atoms. The summed E-state index contributed by atoms with van der Waals surface area (Å²) in [6, 6.07) is 15.0. The number of rotatable bonds is 8. The number of carboxylic acid groups (broad SMARTS) is 1. The lowest BCUT2D eigenvalue weighted by Gasteiger charge is -2.10. The summed E-state index contributed by atoms with van der Waals surface area (Å²) < 4.78 is 25.4. The molecule has 0 amide bonds. The largest absolute Gasteiger partial charge is 0.489 e. The van der Waals surface area contributed by atoms with Crippen molar-refractivity contribution >= 4 is 5.97 Å². The van der Waals surface area contributed by atoms with Crippen molar-refractivity contribution in [3.63, 3.8) is 0 Å². The Kier molecular flexibility index (Phi) is 5.42. The number of halogens is 1. The van der Waals surface area contributed by atoms with Crippen molar-refractivity contribution < 1.29 is 23.8 Å². The van der Waals surface area contributed by atoms with E-state index in [1.807, 2.05) is 30.3 Å². The molecular formula is C23H20FNO4. The van der Waals surface area contributed by atoms with Crippen LogP contribution in [0.1, 0.15) is 28.8 Å². The van der Waals surface area contributed by atoms with Gasteiger partial charge in [-0.3, -0.25) is 0 Å². The summed E-state index contributed by atoms with van der Waals surface area (Å²) in [6.45, 7) is 0.723. The summed E-state index contributed by atoms with van der Waals surface area (Å²) in [5.74, 6) is 0.107. The molecule has 0 radical (unpaired) electrons. The lowest BCUT2D eigenvalue weighted by Crippen LogP contribution is -2.02. The summed E-state index contributed by atoms with van der Waals surface area (Å²) in [5.41, 5.74) is 2.04. The number of pyridine rings is 1. The summed E-state index contributed by atoms with van der Waals surface area (Å²) in [7, 11) is 0. The number of hydrogen-bond donors (Lipinski definition) is 1. The third kappa shape index (κ3) is 4.90. The van der Waals surface area contributed by atoms with Gasteiger partial charge in [0.25, 0.3) is 0 Å². The van der Waals surface area contributed by atoms with Crippen LogP contribution < -0.4 is 9.47 Å². The van der Waals surface area contributed by atoms with Crippen LogP contribution >= 0.6 is 0 Å². The molecule has 1 N–H and O–H groups in total. The topological polar surface area (TPSA) is 68.7 Å². The highest BCUT2D eigenvalue weighted by Crippen LogP contribution is 2.30. The van der Waals surface area contributed by atoms with Gasteiger partial charge in [-0.1, -0.05) is 18.2 Å². The van der Waals surface area contributed by atoms with E-state index < -0.39 is 11.8 Å². The van der Waals surface area contributed by atoms with Gasteiger partial charge in [-0.05, 0) is 54.7 Å². The molecule has 1 aromatic heterocycles. The van der Waals surface area contributed by atoms with E-state index in [4.69, 9.17) is 14.6 Å². The molecule has 5 nitrogen and oxygen atoms in total. The van der Waals surface area contributed by atoms with E-state index in [0.29, 0.717) is 23.1 Å². The first-order chi connectivity index (χ1) is 14.1. The average molecular weight is 393 g/mol. The van der Waals surface area contributed by atoms with E-state index in [1.165, 1.54) is 25.0 Å². The van der Waals surface area contributed by atoms with Crippen LogP contribution in [0.25, 0.3) is 11.1 Å². The van der Waals surface area contributed by atoms with Crippen LogP contribution in [0.15, 0.2) is 60.8 Å². The molecule has 0 spiro atoms. The van der Waals surface area contributed by atoms with Crippen molar-refractivity contribution in [1.82, 2.24) is 4.98 Å². The minimum Gasteiger partial charge on any atom is -0.489 e. The van der Waals surface area contributed by atoms with E-state index in [1.54, 1.807) is 12.3 Å². The molecule has 0 atom stereocenters. The van der Waals surface area contributed by atoms with E-state index in [-0.39, 0.29) is 12.2 Å². The molecule has 0 unspecified atom stereocenters. The first-order valence-corrected chi connectivity index (χ1v) is 9.42. The molecule has 29 heavy (non-hydrogen) atoms. The molecule has 148 valence electrons. The van der Waals surface area contributed by atoms with Crippen molar-refractivity contribution in [3.8, 4) is 22.8 Å². The zero-order chi connectivity index (χ0) is 20.2. The third-order valence-electron chi connectivity index (χ3n) is 4.76. The number of carboxylic acids is 1. The monoisotopic (exact) mass is 393 g/mol. The van der Waals surface area contributed by atoms with E-state index >= 15 is 0 Å². The van der Waals surface area contributed by atoms with Gasteiger partial charge in [-0.2, -0.15) is 0 Å². The van der Waals surface area contributed by atoms with Crippen LogP contribution in [0.3, 0.4) is 0 Å². The number of aromatic carboxylic acids is 1. The Labute approximate surface area is 167 Å². The third-order valence-corrected chi connectivity index (χ3v) is 4.76. The van der Waals surface area contributed by atoms with Crippen LogP contribution in [-0.4, -0.2) is 22.7 Å². The van der Waals surface area contributed by atoms with Crippen molar-refractivity contribution in [3.05, 3.63) is 77.7 Å². The number of benzene rings is 2. The van der Waals surface area contributed by atoms with Crippen molar-refractivity contribution in [2.24, 2.45) is 5.92 Å². The molecule has 1 aliphatic carbocycles. The molecule has 1 aliphatic rings. The Morgan fingerprint density at radius 1 is 1.07 bits per heavy atom. The van der Waals surface area contributed by atoms with Crippen molar-refractivity contribution in [2.45, 2.75) is 19.4 Å². The van der Waals surface area contributed by atoms with Gasteiger partial charge < -0.3 is 14.6 Å². The number of aromatic nitrogens is 1.